The number of carboxylic acids is 1. The summed E-state index contributed by atoms with van der Waals surface area (Å²) in [7, 11) is 0. The third-order valence-electron chi connectivity index (χ3n) is 3.68. The Morgan fingerprint density at radius 3 is 2.57 bits per heavy atom. The quantitative estimate of drug-likeness (QED) is 0.872. The molecule has 0 saturated carbocycles. The molecule has 2 N–H and O–H groups in total. The largest absolute Gasteiger partial charge is 0.480 e. The van der Waals surface area contributed by atoms with Crippen molar-refractivity contribution in [1.29, 1.82) is 0 Å². The van der Waals surface area contributed by atoms with Gasteiger partial charge >= 0.3 is 12.0 Å². The van der Waals surface area contributed by atoms with Gasteiger partial charge in [0.25, 0.3) is 0 Å². The maximum atomic E-state index is 12.5. The Bertz CT molecular complexity index is 506. The van der Waals surface area contributed by atoms with E-state index in [2.05, 4.69) is 0 Å². The van der Waals surface area contributed by atoms with Crippen LogP contribution in [0.1, 0.15) is 18.9 Å². The van der Waals surface area contributed by atoms with Gasteiger partial charge in [-0.25, -0.2) is 9.59 Å². The number of likely N-dealkylation sites (tertiary alicyclic amines) is 1. The van der Waals surface area contributed by atoms with Gasteiger partial charge in [-0.2, -0.15) is 0 Å². The van der Waals surface area contributed by atoms with Gasteiger partial charge in [0.1, 0.15) is 6.04 Å². The second-order valence-electron chi connectivity index (χ2n) is 5.18. The molecule has 0 unspecified atom stereocenters. The van der Waals surface area contributed by atoms with Crippen LogP contribution < -0.4 is 0 Å². The summed E-state index contributed by atoms with van der Waals surface area (Å²) in [5, 5.41) is 18.8. The highest BCUT2D eigenvalue weighted by atomic mass is 16.4. The fourth-order valence-corrected chi connectivity index (χ4v) is 2.56. The minimum absolute atomic E-state index is 0.0705. The molecule has 1 heterocycles. The monoisotopic (exact) mass is 292 g/mol. The van der Waals surface area contributed by atoms with E-state index in [1.165, 1.54) is 4.90 Å². The van der Waals surface area contributed by atoms with Crippen molar-refractivity contribution in [3.63, 3.8) is 0 Å². The Balaban J connectivity index is 2.10. The molecule has 1 aliphatic rings. The molecule has 0 aliphatic carbocycles. The lowest BCUT2D eigenvalue weighted by molar-refractivity contribution is -0.141. The topological polar surface area (TPSA) is 81.1 Å². The molecular weight excluding hydrogens is 272 g/mol. The van der Waals surface area contributed by atoms with E-state index in [0.29, 0.717) is 13.1 Å². The van der Waals surface area contributed by atoms with Crippen molar-refractivity contribution in [2.45, 2.75) is 32.0 Å². The summed E-state index contributed by atoms with van der Waals surface area (Å²) >= 11 is 0. The van der Waals surface area contributed by atoms with Crippen LogP contribution in [0.15, 0.2) is 30.3 Å². The van der Waals surface area contributed by atoms with Crippen molar-refractivity contribution in [3.05, 3.63) is 35.9 Å². The molecular formula is C15H20N2O4. The highest BCUT2D eigenvalue weighted by Crippen LogP contribution is 2.20. The second-order valence-corrected chi connectivity index (χ2v) is 5.18. The van der Waals surface area contributed by atoms with Crippen LogP contribution in [0.3, 0.4) is 0 Å². The number of carboxylic acid groups (broad SMARTS) is 1. The number of carbonyl (C=O) groups is 2. The number of carbonyl (C=O) groups excluding carboxylic acids is 1. The van der Waals surface area contributed by atoms with Crippen LogP contribution >= 0.6 is 0 Å². The molecule has 0 spiro atoms. The number of hydrogen-bond acceptors (Lipinski definition) is 3. The maximum Gasteiger partial charge on any atom is 0.326 e. The van der Waals surface area contributed by atoms with Gasteiger partial charge in [-0.05, 0) is 12.5 Å². The maximum absolute atomic E-state index is 12.5. The number of urea groups is 1. The smallest absolute Gasteiger partial charge is 0.326 e. The SMILES string of the molecule is CCN(Cc1ccccc1)C(=O)N1C[C@H](O)C[C@H]1C(=O)O. The summed E-state index contributed by atoms with van der Waals surface area (Å²) in [6, 6.07) is 8.24. The van der Waals surface area contributed by atoms with Crippen molar-refractivity contribution in [2.75, 3.05) is 13.1 Å². The van der Waals surface area contributed by atoms with E-state index in [9.17, 15) is 19.8 Å². The molecule has 0 radical (unpaired) electrons. The first-order chi connectivity index (χ1) is 10.0. The van der Waals surface area contributed by atoms with Crippen molar-refractivity contribution in [2.24, 2.45) is 0 Å². The van der Waals surface area contributed by atoms with E-state index >= 15 is 0 Å². The van der Waals surface area contributed by atoms with E-state index < -0.39 is 18.1 Å². The Hall–Kier alpha value is -2.08. The third kappa shape index (κ3) is 3.52. The lowest BCUT2D eigenvalue weighted by atomic mass is 10.2. The molecule has 2 amide bonds. The van der Waals surface area contributed by atoms with Crippen molar-refractivity contribution < 1.29 is 19.8 Å². The predicted molar refractivity (Wildman–Crippen MR) is 76.7 cm³/mol. The number of nitrogens with zero attached hydrogens (tertiary/aromatic N) is 2. The van der Waals surface area contributed by atoms with Crippen LogP contribution in [-0.4, -0.2) is 57.2 Å². The molecule has 2 rings (SSSR count). The summed E-state index contributed by atoms with van der Waals surface area (Å²) in [5.74, 6) is -1.07. The van der Waals surface area contributed by atoms with Crippen molar-refractivity contribution in [3.8, 4) is 0 Å². The number of rotatable bonds is 4. The molecule has 6 nitrogen and oxygen atoms in total. The zero-order chi connectivity index (χ0) is 15.4. The number of aliphatic hydroxyl groups excluding tert-OH is 1. The first-order valence-corrected chi connectivity index (χ1v) is 7.03. The zero-order valence-corrected chi connectivity index (χ0v) is 12.0. The zero-order valence-electron chi connectivity index (χ0n) is 12.0. The second kappa shape index (κ2) is 6.58. The summed E-state index contributed by atoms with van der Waals surface area (Å²) in [6.45, 7) is 2.83. The molecule has 21 heavy (non-hydrogen) atoms. The van der Waals surface area contributed by atoms with Crippen molar-refractivity contribution >= 4 is 12.0 Å². The number of aliphatic hydroxyl groups is 1. The number of aliphatic carboxylic acids is 1. The predicted octanol–water partition coefficient (Wildman–Crippen LogP) is 1.15. The number of β-amino-alcohol motifs (C(OH)–C–C–N with tert-alkyl or cyclic N) is 1. The summed E-state index contributed by atoms with van der Waals surface area (Å²) in [4.78, 5) is 26.6. The van der Waals surface area contributed by atoms with E-state index in [1.54, 1.807) is 4.90 Å². The van der Waals surface area contributed by atoms with Gasteiger partial charge in [-0.3, -0.25) is 0 Å². The molecule has 1 aromatic rings. The normalized spacial score (nSPS) is 21.3. The van der Waals surface area contributed by atoms with Crippen LogP contribution in [0.5, 0.6) is 0 Å². The molecule has 1 fully saturated rings. The van der Waals surface area contributed by atoms with Crippen LogP contribution in [-0.2, 0) is 11.3 Å². The van der Waals surface area contributed by atoms with E-state index in [0.717, 1.165) is 5.56 Å². The summed E-state index contributed by atoms with van der Waals surface area (Å²) in [6.07, 6.45) is -0.685. The fraction of sp³-hybridized carbons (Fsp3) is 0.467. The van der Waals surface area contributed by atoms with Gasteiger partial charge in [0, 0.05) is 26.1 Å². The van der Waals surface area contributed by atoms with E-state index in [4.69, 9.17) is 0 Å². The molecule has 6 heteroatoms. The average molecular weight is 292 g/mol. The Morgan fingerprint density at radius 1 is 1.33 bits per heavy atom. The minimum Gasteiger partial charge on any atom is -0.480 e. The minimum atomic E-state index is -1.07. The molecule has 1 aromatic carbocycles. The third-order valence-corrected chi connectivity index (χ3v) is 3.68. The van der Waals surface area contributed by atoms with Gasteiger partial charge in [-0.1, -0.05) is 30.3 Å². The fourth-order valence-electron chi connectivity index (χ4n) is 2.56. The van der Waals surface area contributed by atoms with Gasteiger partial charge in [-0.15, -0.1) is 0 Å². The first-order valence-electron chi connectivity index (χ1n) is 7.03. The van der Waals surface area contributed by atoms with Crippen molar-refractivity contribution in [1.82, 2.24) is 9.80 Å². The van der Waals surface area contributed by atoms with E-state index in [-0.39, 0.29) is 19.0 Å². The van der Waals surface area contributed by atoms with Gasteiger partial charge in [0.05, 0.1) is 6.10 Å². The molecule has 0 bridgehead atoms. The van der Waals surface area contributed by atoms with Crippen LogP contribution in [0, 0.1) is 0 Å². The standard InChI is InChI=1S/C15H20N2O4/c1-2-16(9-11-6-4-3-5-7-11)15(21)17-10-12(18)8-13(17)14(19)20/h3-7,12-13,18H,2,8-10H2,1H3,(H,19,20)/t12-,13+/m1/s1. The first kappa shape index (κ1) is 15.3. The van der Waals surface area contributed by atoms with Crippen LogP contribution in [0.4, 0.5) is 4.79 Å². The molecule has 2 atom stereocenters. The van der Waals surface area contributed by atoms with Gasteiger partial charge in [0.2, 0.25) is 0 Å². The lowest BCUT2D eigenvalue weighted by Crippen LogP contribution is -2.47. The number of amides is 2. The van der Waals surface area contributed by atoms with Crippen LogP contribution in [0.2, 0.25) is 0 Å². The Labute approximate surface area is 123 Å². The molecule has 114 valence electrons. The van der Waals surface area contributed by atoms with Crippen LogP contribution in [0.25, 0.3) is 0 Å². The Kier molecular flexibility index (Phi) is 4.80. The summed E-state index contributed by atoms with van der Waals surface area (Å²) in [5.41, 5.74) is 0.985. The Morgan fingerprint density at radius 2 is 2.00 bits per heavy atom. The van der Waals surface area contributed by atoms with Gasteiger partial charge < -0.3 is 20.0 Å². The highest BCUT2D eigenvalue weighted by molar-refractivity contribution is 5.83. The molecule has 1 aliphatic heterocycles. The molecule has 0 aromatic heterocycles. The average Bonchev–Trinajstić information content (AvgIpc) is 2.87. The summed E-state index contributed by atoms with van der Waals surface area (Å²) < 4.78 is 0. The molecule has 1 saturated heterocycles. The van der Waals surface area contributed by atoms with Gasteiger partial charge in [0.15, 0.2) is 0 Å². The number of benzene rings is 1. The highest BCUT2D eigenvalue weighted by Gasteiger charge is 2.40. The number of hydrogen-bond donors (Lipinski definition) is 2. The van der Waals surface area contributed by atoms with E-state index in [1.807, 2.05) is 37.3 Å². The lowest BCUT2D eigenvalue weighted by Gasteiger charge is -2.29.